The maximum Gasteiger partial charge on any atom is 0.240 e. The molecular weight excluding hydrogens is 396 g/mol. The number of nitrogens with zero attached hydrogens (tertiary/aromatic N) is 2. The van der Waals surface area contributed by atoms with Gasteiger partial charge in [-0.1, -0.05) is 75.1 Å². The summed E-state index contributed by atoms with van der Waals surface area (Å²) in [7, 11) is 0. The number of rotatable bonds is 10. The molecular formula is C23H32N4O2S. The standard InChI is InChI=1S/C23H32N4O2S/c1-2-3-4-5-6-9-15-24-21(28)16-20-22(29)25-23(30-20)27-26-19-14-10-12-17-11-7-8-13-18(17)19/h7-8,11,13,20H,2-6,9-10,12,14-16H2,1H3,(H,24,28)(H,25,27,29). The molecule has 0 saturated carbocycles. The van der Waals surface area contributed by atoms with Gasteiger partial charge >= 0.3 is 0 Å². The zero-order chi connectivity index (χ0) is 21.2. The number of hydrogen-bond acceptors (Lipinski definition) is 5. The van der Waals surface area contributed by atoms with Crippen molar-refractivity contribution in [3.63, 3.8) is 0 Å². The minimum atomic E-state index is -0.438. The normalized spacial score (nSPS) is 21.0. The van der Waals surface area contributed by atoms with Crippen LogP contribution < -0.4 is 10.6 Å². The fourth-order valence-electron chi connectivity index (χ4n) is 3.77. The molecule has 7 heteroatoms. The van der Waals surface area contributed by atoms with Gasteiger partial charge in [-0.05, 0) is 31.2 Å². The van der Waals surface area contributed by atoms with Crippen molar-refractivity contribution in [3.8, 4) is 0 Å². The molecule has 1 fully saturated rings. The highest BCUT2D eigenvalue weighted by molar-refractivity contribution is 8.15. The summed E-state index contributed by atoms with van der Waals surface area (Å²) in [6.07, 6.45) is 10.3. The molecule has 1 unspecified atom stereocenters. The molecule has 0 aromatic heterocycles. The van der Waals surface area contributed by atoms with Gasteiger partial charge in [0.15, 0.2) is 5.17 Å². The van der Waals surface area contributed by atoms with E-state index in [1.54, 1.807) is 0 Å². The summed E-state index contributed by atoms with van der Waals surface area (Å²) in [6, 6.07) is 8.26. The van der Waals surface area contributed by atoms with Crippen molar-refractivity contribution in [2.24, 2.45) is 10.2 Å². The molecule has 1 aliphatic heterocycles. The average molecular weight is 429 g/mol. The molecule has 3 rings (SSSR count). The lowest BCUT2D eigenvalue weighted by Gasteiger charge is -2.16. The third kappa shape index (κ3) is 6.69. The number of amides is 2. The average Bonchev–Trinajstić information content (AvgIpc) is 3.10. The van der Waals surface area contributed by atoms with Crippen LogP contribution in [0, 0.1) is 0 Å². The van der Waals surface area contributed by atoms with Gasteiger partial charge < -0.3 is 10.6 Å². The summed E-state index contributed by atoms with van der Waals surface area (Å²) in [5.41, 5.74) is 3.40. The summed E-state index contributed by atoms with van der Waals surface area (Å²) in [6.45, 7) is 2.88. The lowest BCUT2D eigenvalue weighted by Crippen LogP contribution is -2.31. The van der Waals surface area contributed by atoms with E-state index in [1.165, 1.54) is 43.0 Å². The quantitative estimate of drug-likeness (QED) is 0.433. The second-order valence-electron chi connectivity index (χ2n) is 7.88. The summed E-state index contributed by atoms with van der Waals surface area (Å²) in [4.78, 5) is 24.4. The van der Waals surface area contributed by atoms with Crippen LogP contribution in [-0.2, 0) is 16.0 Å². The Morgan fingerprint density at radius 2 is 1.93 bits per heavy atom. The highest BCUT2D eigenvalue weighted by Gasteiger charge is 2.32. The van der Waals surface area contributed by atoms with Crippen LogP contribution >= 0.6 is 11.8 Å². The lowest BCUT2D eigenvalue weighted by molar-refractivity contribution is -0.125. The van der Waals surface area contributed by atoms with Crippen LogP contribution in [0.3, 0.4) is 0 Å². The number of hydrogen-bond donors (Lipinski definition) is 2. The molecule has 6 nitrogen and oxygen atoms in total. The maximum absolute atomic E-state index is 12.2. The van der Waals surface area contributed by atoms with Gasteiger partial charge in [-0.25, -0.2) is 0 Å². The smallest absolute Gasteiger partial charge is 0.240 e. The first-order chi connectivity index (χ1) is 14.7. The minimum absolute atomic E-state index is 0.0787. The predicted octanol–water partition coefficient (Wildman–Crippen LogP) is 4.18. The van der Waals surface area contributed by atoms with Crippen LogP contribution in [-0.4, -0.2) is 34.5 Å². The predicted molar refractivity (Wildman–Crippen MR) is 124 cm³/mol. The number of amidine groups is 1. The lowest BCUT2D eigenvalue weighted by atomic mass is 9.90. The first kappa shape index (κ1) is 22.5. The van der Waals surface area contributed by atoms with E-state index in [0.717, 1.165) is 43.4 Å². The van der Waals surface area contributed by atoms with Gasteiger partial charge in [-0.2, -0.15) is 5.10 Å². The van der Waals surface area contributed by atoms with E-state index >= 15 is 0 Å². The Bertz CT molecular complexity index is 806. The molecule has 1 heterocycles. The molecule has 2 amide bonds. The van der Waals surface area contributed by atoms with Crippen molar-refractivity contribution >= 4 is 34.5 Å². The van der Waals surface area contributed by atoms with Crippen LogP contribution in [0.5, 0.6) is 0 Å². The Morgan fingerprint density at radius 1 is 1.13 bits per heavy atom. The summed E-state index contributed by atoms with van der Waals surface area (Å²) >= 11 is 1.29. The largest absolute Gasteiger partial charge is 0.356 e. The van der Waals surface area contributed by atoms with Crippen LogP contribution in [0.15, 0.2) is 34.5 Å². The molecule has 0 bridgehead atoms. The highest BCUT2D eigenvalue weighted by Crippen LogP contribution is 2.24. The van der Waals surface area contributed by atoms with Crippen LogP contribution in [0.4, 0.5) is 0 Å². The Kier molecular flexibility index (Phi) is 8.93. The van der Waals surface area contributed by atoms with Crippen molar-refractivity contribution in [1.29, 1.82) is 0 Å². The van der Waals surface area contributed by atoms with Gasteiger partial charge in [0.05, 0.1) is 5.71 Å². The first-order valence-electron chi connectivity index (χ1n) is 11.1. The van der Waals surface area contributed by atoms with Gasteiger partial charge in [-0.15, -0.1) is 5.10 Å². The number of benzene rings is 1. The molecule has 2 aliphatic rings. The van der Waals surface area contributed by atoms with E-state index in [9.17, 15) is 9.59 Å². The van der Waals surface area contributed by atoms with E-state index in [-0.39, 0.29) is 18.2 Å². The number of carbonyl (C=O) groups excluding carboxylic acids is 2. The molecule has 0 spiro atoms. The van der Waals surface area contributed by atoms with Crippen molar-refractivity contribution in [1.82, 2.24) is 10.6 Å². The summed E-state index contributed by atoms with van der Waals surface area (Å²) in [5.74, 6) is -0.248. The first-order valence-corrected chi connectivity index (χ1v) is 12.0. The Balaban J connectivity index is 1.44. The number of fused-ring (bicyclic) bond motifs is 1. The van der Waals surface area contributed by atoms with Crippen LogP contribution in [0.2, 0.25) is 0 Å². The minimum Gasteiger partial charge on any atom is -0.356 e. The molecule has 1 atom stereocenters. The van der Waals surface area contributed by atoms with E-state index in [1.807, 2.05) is 12.1 Å². The van der Waals surface area contributed by atoms with Crippen molar-refractivity contribution in [2.75, 3.05) is 6.54 Å². The second-order valence-corrected chi connectivity index (χ2v) is 9.07. The van der Waals surface area contributed by atoms with Gasteiger partial charge in [-0.3, -0.25) is 9.59 Å². The summed E-state index contributed by atoms with van der Waals surface area (Å²) in [5, 5.41) is 14.4. The number of thioether (sulfide) groups is 1. The Hall–Kier alpha value is -2.15. The monoisotopic (exact) mass is 428 g/mol. The summed E-state index contributed by atoms with van der Waals surface area (Å²) < 4.78 is 0. The number of unbranched alkanes of at least 4 members (excludes halogenated alkanes) is 5. The van der Waals surface area contributed by atoms with Crippen LogP contribution in [0.1, 0.15) is 75.8 Å². The highest BCUT2D eigenvalue weighted by atomic mass is 32.2. The zero-order valence-corrected chi connectivity index (χ0v) is 18.6. The number of aryl methyl sites for hydroxylation is 1. The third-order valence-corrected chi connectivity index (χ3v) is 6.52. The van der Waals surface area contributed by atoms with Gasteiger partial charge in [0.2, 0.25) is 11.8 Å². The third-order valence-electron chi connectivity index (χ3n) is 5.45. The molecule has 0 radical (unpaired) electrons. The van der Waals surface area contributed by atoms with Gasteiger partial charge in [0.25, 0.3) is 0 Å². The second kappa shape index (κ2) is 11.9. The molecule has 1 aromatic carbocycles. The molecule has 1 aliphatic carbocycles. The fourth-order valence-corrected chi connectivity index (χ4v) is 4.69. The molecule has 1 saturated heterocycles. The number of nitrogens with one attached hydrogen (secondary N) is 2. The topological polar surface area (TPSA) is 82.9 Å². The maximum atomic E-state index is 12.2. The van der Waals surface area contributed by atoms with E-state index < -0.39 is 5.25 Å². The van der Waals surface area contributed by atoms with E-state index in [0.29, 0.717) is 11.7 Å². The van der Waals surface area contributed by atoms with Gasteiger partial charge in [0, 0.05) is 18.5 Å². The fraction of sp³-hybridized carbons (Fsp3) is 0.565. The number of carbonyl (C=O) groups is 2. The van der Waals surface area contributed by atoms with Crippen molar-refractivity contribution in [2.45, 2.75) is 76.4 Å². The molecule has 2 N–H and O–H groups in total. The Morgan fingerprint density at radius 3 is 2.80 bits per heavy atom. The molecule has 162 valence electrons. The van der Waals surface area contributed by atoms with E-state index in [2.05, 4.69) is 39.9 Å². The van der Waals surface area contributed by atoms with Crippen molar-refractivity contribution < 1.29 is 9.59 Å². The molecule has 30 heavy (non-hydrogen) atoms. The van der Waals surface area contributed by atoms with Crippen LogP contribution in [0.25, 0.3) is 0 Å². The van der Waals surface area contributed by atoms with Gasteiger partial charge in [0.1, 0.15) is 5.25 Å². The van der Waals surface area contributed by atoms with Crippen molar-refractivity contribution in [3.05, 3.63) is 35.4 Å². The SMILES string of the molecule is CCCCCCCCNC(=O)CC1SC(=NN=C2CCCc3ccccc32)NC1=O. The van der Waals surface area contributed by atoms with E-state index in [4.69, 9.17) is 0 Å². The zero-order valence-electron chi connectivity index (χ0n) is 17.8. The Labute approximate surface area is 183 Å². The molecule has 1 aromatic rings.